The van der Waals surface area contributed by atoms with Crippen LogP contribution in [0, 0.1) is 11.8 Å². The van der Waals surface area contributed by atoms with Crippen LogP contribution >= 0.6 is 0 Å². The van der Waals surface area contributed by atoms with E-state index in [1.54, 1.807) is 24.8 Å². The second-order valence-corrected chi connectivity index (χ2v) is 13.8. The first-order valence-corrected chi connectivity index (χ1v) is 17.1. The lowest BCUT2D eigenvalue weighted by Gasteiger charge is -2.32. The Morgan fingerprint density at radius 2 is 1.60 bits per heavy atom. The highest BCUT2D eigenvalue weighted by Gasteiger charge is 2.45. The van der Waals surface area contributed by atoms with Gasteiger partial charge in [0.05, 0.1) is 5.94 Å². The number of carbonyl (C=O) groups excluding carboxylic acids is 3. The van der Waals surface area contributed by atoms with E-state index in [1.807, 2.05) is 61.6 Å². The number of amides is 3. The highest BCUT2D eigenvalue weighted by atomic mass is 16.4. The van der Waals surface area contributed by atoms with E-state index in [0.29, 0.717) is 37.4 Å². The molecule has 0 spiro atoms. The number of likely N-dealkylation sites (N-methyl/N-ethyl adjacent to an activating group) is 1. The molecule has 47 heavy (non-hydrogen) atoms. The Kier molecular flexibility index (Phi) is 11.7. The summed E-state index contributed by atoms with van der Waals surface area (Å²) in [6.07, 6.45) is 6.30. The lowest BCUT2D eigenvalue weighted by molar-refractivity contribution is -0.140. The predicted molar refractivity (Wildman–Crippen MR) is 185 cm³/mol. The van der Waals surface area contributed by atoms with Gasteiger partial charge in [-0.05, 0) is 60.2 Å². The van der Waals surface area contributed by atoms with Crippen molar-refractivity contribution in [2.24, 2.45) is 11.8 Å². The van der Waals surface area contributed by atoms with Gasteiger partial charge in [-0.3, -0.25) is 19.3 Å². The van der Waals surface area contributed by atoms with Gasteiger partial charge in [-0.2, -0.15) is 0 Å². The van der Waals surface area contributed by atoms with Crippen molar-refractivity contribution >= 4 is 35.6 Å². The third kappa shape index (κ3) is 8.80. The topological polar surface area (TPSA) is 122 Å². The summed E-state index contributed by atoms with van der Waals surface area (Å²) in [4.78, 5) is 46.0. The van der Waals surface area contributed by atoms with Gasteiger partial charge in [0.25, 0.3) is 5.91 Å². The average Bonchev–Trinajstić information content (AvgIpc) is 3.53. The van der Waals surface area contributed by atoms with Crippen molar-refractivity contribution < 1.29 is 24.4 Å². The molecule has 4 N–H and O–H groups in total. The fourth-order valence-electron chi connectivity index (χ4n) is 7.22. The number of fused-ring (bicyclic) bond motifs is 1. The quantitative estimate of drug-likeness (QED) is 0.221. The second kappa shape index (κ2) is 15.9. The van der Waals surface area contributed by atoms with Crippen molar-refractivity contribution in [3.63, 3.8) is 0 Å². The van der Waals surface area contributed by atoms with Crippen molar-refractivity contribution in [2.75, 3.05) is 13.6 Å². The van der Waals surface area contributed by atoms with Crippen molar-refractivity contribution in [3.8, 4) is 0 Å². The summed E-state index contributed by atoms with van der Waals surface area (Å²) in [7, 11) is 0.261. The molecule has 2 fully saturated rings. The zero-order chi connectivity index (χ0) is 33.5. The number of hydrogen-bond donors (Lipinski definition) is 4. The molecule has 0 radical (unpaired) electrons. The second-order valence-electron chi connectivity index (χ2n) is 13.8. The Balaban J connectivity index is 1.41. The third-order valence-electron chi connectivity index (χ3n) is 10.0. The minimum Gasteiger partial charge on any atom is -0.426 e. The summed E-state index contributed by atoms with van der Waals surface area (Å²) >= 11 is 0. The van der Waals surface area contributed by atoms with Crippen LogP contribution in [-0.2, 0) is 16.1 Å². The van der Waals surface area contributed by atoms with Crippen LogP contribution in [0.1, 0.15) is 74.7 Å². The van der Waals surface area contributed by atoms with E-state index in [0.717, 1.165) is 42.0 Å². The molecule has 3 amide bonds. The Morgan fingerprint density at radius 1 is 0.915 bits per heavy atom. The predicted octanol–water partition coefficient (Wildman–Crippen LogP) is 4.16. The lowest BCUT2D eigenvalue weighted by atomic mass is 9.73. The third-order valence-corrected chi connectivity index (χ3v) is 10.0. The smallest absolute Gasteiger partial charge is 0.426 e. The van der Waals surface area contributed by atoms with Gasteiger partial charge in [-0.1, -0.05) is 107 Å². The summed E-state index contributed by atoms with van der Waals surface area (Å²) in [5, 5.41) is 27.9. The highest BCUT2D eigenvalue weighted by molar-refractivity contribution is 6.43. The molecule has 1 heterocycles. The van der Waals surface area contributed by atoms with E-state index < -0.39 is 31.1 Å². The van der Waals surface area contributed by atoms with Crippen LogP contribution in [-0.4, -0.2) is 82.3 Å². The Bertz CT molecular complexity index is 1500. The zero-order valence-electron chi connectivity index (χ0n) is 27.8. The van der Waals surface area contributed by atoms with E-state index in [2.05, 4.69) is 27.7 Å². The van der Waals surface area contributed by atoms with E-state index in [4.69, 9.17) is 0 Å². The van der Waals surface area contributed by atoms with Crippen LogP contribution in [0.25, 0.3) is 10.8 Å². The fourth-order valence-corrected chi connectivity index (χ4v) is 7.22. The van der Waals surface area contributed by atoms with E-state index >= 15 is 0 Å². The van der Waals surface area contributed by atoms with Gasteiger partial charge in [0.1, 0.15) is 12.1 Å². The monoisotopic (exact) mass is 640 g/mol. The molecule has 0 aromatic heterocycles. The maximum Gasteiger partial charge on any atom is 0.475 e. The molecule has 1 aliphatic heterocycles. The molecule has 250 valence electrons. The van der Waals surface area contributed by atoms with Gasteiger partial charge in [0.15, 0.2) is 0 Å². The van der Waals surface area contributed by atoms with Crippen LogP contribution in [0.5, 0.6) is 0 Å². The molecule has 3 aromatic carbocycles. The van der Waals surface area contributed by atoms with E-state index in [-0.39, 0.29) is 23.8 Å². The molecule has 9 nitrogen and oxygen atoms in total. The van der Waals surface area contributed by atoms with Crippen molar-refractivity contribution in [2.45, 2.75) is 89.4 Å². The van der Waals surface area contributed by atoms with Gasteiger partial charge in [-0.15, -0.1) is 0 Å². The molecule has 2 aliphatic rings. The molecule has 3 aromatic rings. The number of likely N-dealkylation sites (tertiary alicyclic amines) is 1. The summed E-state index contributed by atoms with van der Waals surface area (Å²) in [6.45, 7) is 4.58. The minimum absolute atomic E-state index is 0.113. The SMILES string of the molecule is CC(C)[C@H](NC(=O)[C@@H]1C[C@@H](N(C)Cc2ccccc2)CN1C(=O)[C@@H](CC1CCCCC1)NC(=O)c1ccc2ccccc2c1)B(O)O. The average molecular weight is 641 g/mol. The Hall–Kier alpha value is -3.73. The van der Waals surface area contributed by atoms with Crippen LogP contribution in [0.4, 0.5) is 0 Å². The number of carbonyl (C=O) groups is 3. The lowest BCUT2D eigenvalue weighted by Crippen LogP contribution is -2.57. The maximum atomic E-state index is 14.6. The molecule has 5 rings (SSSR count). The van der Waals surface area contributed by atoms with E-state index in [1.165, 1.54) is 6.42 Å². The number of hydrogen-bond acceptors (Lipinski definition) is 6. The zero-order valence-corrected chi connectivity index (χ0v) is 27.8. The van der Waals surface area contributed by atoms with Gasteiger partial charge in [0.2, 0.25) is 11.8 Å². The number of benzene rings is 3. The number of nitrogens with one attached hydrogen (secondary N) is 2. The van der Waals surface area contributed by atoms with Gasteiger partial charge in [-0.25, -0.2) is 0 Å². The Morgan fingerprint density at radius 3 is 2.28 bits per heavy atom. The summed E-state index contributed by atoms with van der Waals surface area (Å²) in [5.74, 6) is -1.82. The summed E-state index contributed by atoms with van der Waals surface area (Å²) < 4.78 is 0. The molecular weight excluding hydrogens is 591 g/mol. The number of rotatable bonds is 12. The molecule has 1 saturated heterocycles. The maximum absolute atomic E-state index is 14.6. The van der Waals surface area contributed by atoms with Crippen LogP contribution < -0.4 is 10.6 Å². The van der Waals surface area contributed by atoms with Crippen LogP contribution in [0.15, 0.2) is 72.8 Å². The van der Waals surface area contributed by atoms with E-state index in [9.17, 15) is 24.4 Å². The molecule has 0 unspecified atom stereocenters. The summed E-state index contributed by atoms with van der Waals surface area (Å²) in [6, 6.07) is 21.7. The standard InChI is InChI=1S/C37H49BN4O5/c1-25(2)34(38(46)47)40-36(44)33-22-31(41(3)23-27-14-8-5-9-15-27)24-42(33)37(45)32(20-26-12-6-4-7-13-26)39-35(43)30-19-18-28-16-10-11-17-29(28)21-30/h5,8-11,14-19,21,25-26,31-34,46-47H,4,6-7,12-13,20,22-24H2,1-3H3,(H,39,43)(H,40,44)/t31-,32-,33+,34+/m1/s1. The largest absolute Gasteiger partial charge is 0.475 e. The van der Waals surface area contributed by atoms with Crippen molar-refractivity contribution in [1.29, 1.82) is 0 Å². The van der Waals surface area contributed by atoms with Crippen molar-refractivity contribution in [3.05, 3.63) is 83.9 Å². The molecule has 0 bridgehead atoms. The summed E-state index contributed by atoms with van der Waals surface area (Å²) in [5.41, 5.74) is 1.61. The highest BCUT2D eigenvalue weighted by Crippen LogP contribution is 2.30. The Labute approximate surface area is 278 Å². The molecule has 1 aliphatic carbocycles. The molecule has 4 atom stereocenters. The van der Waals surface area contributed by atoms with Crippen LogP contribution in [0.3, 0.4) is 0 Å². The first kappa shape index (κ1) is 34.6. The van der Waals surface area contributed by atoms with Gasteiger partial charge >= 0.3 is 7.12 Å². The molecule has 10 heteroatoms. The minimum atomic E-state index is -1.73. The first-order chi connectivity index (χ1) is 22.6. The van der Waals surface area contributed by atoms with Gasteiger partial charge in [0, 0.05) is 24.7 Å². The van der Waals surface area contributed by atoms with Gasteiger partial charge < -0.3 is 25.6 Å². The molecular formula is C37H49BN4O5. The van der Waals surface area contributed by atoms with Crippen molar-refractivity contribution in [1.82, 2.24) is 20.4 Å². The fraction of sp³-hybridized carbons (Fsp3) is 0.486. The molecule has 1 saturated carbocycles. The first-order valence-electron chi connectivity index (χ1n) is 17.1. The number of nitrogens with zero attached hydrogens (tertiary/aromatic N) is 2. The van der Waals surface area contributed by atoms with Crippen LogP contribution in [0.2, 0.25) is 0 Å². The normalized spacial score (nSPS) is 19.9.